The molecule has 0 aliphatic carbocycles. The van der Waals surface area contributed by atoms with Gasteiger partial charge in [0.05, 0.1) is 6.04 Å². The van der Waals surface area contributed by atoms with Crippen LogP contribution in [0.25, 0.3) is 0 Å². The molecule has 5 N–H and O–H groups in total. The summed E-state index contributed by atoms with van der Waals surface area (Å²) >= 11 is 0. The molecule has 0 saturated heterocycles. The van der Waals surface area contributed by atoms with E-state index in [-0.39, 0.29) is 12.2 Å². The number of rotatable bonds is 5. The monoisotopic (exact) mass is 174 g/mol. The van der Waals surface area contributed by atoms with Crippen molar-refractivity contribution in [3.8, 4) is 0 Å². The van der Waals surface area contributed by atoms with E-state index in [4.69, 9.17) is 16.6 Å². The number of carboxylic acids is 1. The van der Waals surface area contributed by atoms with Crippen LogP contribution in [0.4, 0.5) is 0 Å². The van der Waals surface area contributed by atoms with E-state index in [1.165, 1.54) is 6.92 Å². The molecular weight excluding hydrogens is 160 g/mol. The van der Waals surface area contributed by atoms with Crippen molar-refractivity contribution in [3.63, 3.8) is 0 Å². The van der Waals surface area contributed by atoms with Crippen molar-refractivity contribution in [1.29, 1.82) is 0 Å². The third-order valence-electron chi connectivity index (χ3n) is 1.63. The molecule has 0 aliphatic heterocycles. The van der Waals surface area contributed by atoms with Gasteiger partial charge in [-0.1, -0.05) is 0 Å². The van der Waals surface area contributed by atoms with E-state index < -0.39 is 18.1 Å². The van der Waals surface area contributed by atoms with Gasteiger partial charge in [0.25, 0.3) is 0 Å². The van der Waals surface area contributed by atoms with Crippen LogP contribution in [0, 0.1) is 0 Å². The van der Waals surface area contributed by atoms with Gasteiger partial charge in [0, 0.05) is 0 Å². The number of ketones is 1. The number of nitrogens with two attached hydrogens (primary N) is 2. The summed E-state index contributed by atoms with van der Waals surface area (Å²) in [5, 5.41) is 8.38. The van der Waals surface area contributed by atoms with Gasteiger partial charge in [0.15, 0.2) is 0 Å². The smallest absolute Gasteiger partial charge is 0.320 e. The van der Waals surface area contributed by atoms with Crippen molar-refractivity contribution in [2.75, 3.05) is 0 Å². The van der Waals surface area contributed by atoms with Crippen LogP contribution in [-0.4, -0.2) is 28.9 Å². The van der Waals surface area contributed by atoms with Crippen molar-refractivity contribution in [2.45, 2.75) is 31.8 Å². The summed E-state index contributed by atoms with van der Waals surface area (Å²) in [6, 6.07) is -1.51. The van der Waals surface area contributed by atoms with Crippen molar-refractivity contribution >= 4 is 11.8 Å². The summed E-state index contributed by atoms with van der Waals surface area (Å²) < 4.78 is 0. The molecule has 12 heavy (non-hydrogen) atoms. The first-order chi connectivity index (χ1) is 5.45. The molecule has 5 heteroatoms. The molecule has 5 nitrogen and oxygen atoms in total. The summed E-state index contributed by atoms with van der Waals surface area (Å²) in [5.41, 5.74) is 10.6. The Balaban J connectivity index is 3.68. The van der Waals surface area contributed by atoms with E-state index in [0.717, 1.165) is 0 Å². The Morgan fingerprint density at radius 2 is 1.67 bits per heavy atom. The highest BCUT2D eigenvalue weighted by atomic mass is 16.4. The Bertz CT molecular complexity index is 161. The maximum atomic E-state index is 10.6. The van der Waals surface area contributed by atoms with Crippen molar-refractivity contribution < 1.29 is 14.7 Å². The lowest BCUT2D eigenvalue weighted by molar-refractivity contribution is -0.138. The fraction of sp³-hybridized carbons (Fsp3) is 0.714. The van der Waals surface area contributed by atoms with Gasteiger partial charge >= 0.3 is 5.97 Å². The van der Waals surface area contributed by atoms with E-state index >= 15 is 0 Å². The van der Waals surface area contributed by atoms with Crippen molar-refractivity contribution in [1.82, 2.24) is 0 Å². The molecule has 0 aromatic carbocycles. The second-order valence-electron chi connectivity index (χ2n) is 2.74. The number of carboxylic acid groups (broad SMARTS) is 1. The molecular formula is C7H14N2O3. The van der Waals surface area contributed by atoms with E-state index in [1.54, 1.807) is 0 Å². The zero-order valence-corrected chi connectivity index (χ0v) is 6.99. The summed E-state index contributed by atoms with van der Waals surface area (Å²) in [5.74, 6) is -1.21. The minimum Gasteiger partial charge on any atom is -0.480 e. The first kappa shape index (κ1) is 11.1. The molecule has 0 radical (unpaired) electrons. The molecule has 0 fully saturated rings. The van der Waals surface area contributed by atoms with Crippen LogP contribution in [0.3, 0.4) is 0 Å². The number of aliphatic carboxylic acids is 1. The van der Waals surface area contributed by atoms with Gasteiger partial charge in [0.2, 0.25) is 0 Å². The molecule has 0 amide bonds. The minimum atomic E-state index is -1.06. The normalized spacial score (nSPS) is 15.2. The minimum absolute atomic E-state index is 0.146. The van der Waals surface area contributed by atoms with Crippen LogP contribution in [0.1, 0.15) is 19.8 Å². The Kier molecular flexibility index (Phi) is 4.46. The Morgan fingerprint density at radius 1 is 1.25 bits per heavy atom. The second kappa shape index (κ2) is 4.84. The van der Waals surface area contributed by atoms with Gasteiger partial charge in [-0.05, 0) is 19.8 Å². The maximum Gasteiger partial charge on any atom is 0.320 e. The molecule has 0 aliphatic rings. The van der Waals surface area contributed by atoms with Gasteiger partial charge in [-0.25, -0.2) is 0 Å². The summed E-state index contributed by atoms with van der Waals surface area (Å²) in [6.45, 7) is 1.37. The molecule has 2 atom stereocenters. The molecule has 0 rings (SSSR count). The highest BCUT2D eigenvalue weighted by Crippen LogP contribution is 1.99. The Labute approximate surface area is 70.7 Å². The average Bonchev–Trinajstić information content (AvgIpc) is 1.98. The molecule has 0 spiro atoms. The fourth-order valence-corrected chi connectivity index (χ4v) is 0.686. The Morgan fingerprint density at radius 3 is 2.00 bits per heavy atom. The quantitative estimate of drug-likeness (QED) is 0.500. The van der Waals surface area contributed by atoms with Crippen LogP contribution in [0.2, 0.25) is 0 Å². The predicted molar refractivity (Wildman–Crippen MR) is 43.5 cm³/mol. The zero-order chi connectivity index (χ0) is 9.72. The molecule has 0 bridgehead atoms. The first-order valence-electron chi connectivity index (χ1n) is 3.69. The second-order valence-corrected chi connectivity index (χ2v) is 2.74. The van der Waals surface area contributed by atoms with Gasteiger partial charge < -0.3 is 16.6 Å². The number of hydrogen-bond donors (Lipinski definition) is 3. The number of hydrogen-bond acceptors (Lipinski definition) is 4. The molecule has 0 saturated carbocycles. The molecule has 0 aromatic rings. The van der Waals surface area contributed by atoms with Crippen LogP contribution >= 0.6 is 0 Å². The van der Waals surface area contributed by atoms with Gasteiger partial charge in [0.1, 0.15) is 11.8 Å². The SMILES string of the molecule is CC(=O)C(N)CC[C@H](N)C(=O)O. The van der Waals surface area contributed by atoms with Crippen molar-refractivity contribution in [3.05, 3.63) is 0 Å². The van der Waals surface area contributed by atoms with E-state index in [0.29, 0.717) is 6.42 Å². The molecule has 0 aromatic heterocycles. The van der Waals surface area contributed by atoms with E-state index in [9.17, 15) is 9.59 Å². The standard InChI is InChI=1S/C7H14N2O3/c1-4(10)5(8)2-3-6(9)7(11)12/h5-6H,2-3,8-9H2,1H3,(H,11,12)/t5?,6-/m0/s1. The number of carbonyl (C=O) groups is 2. The summed E-state index contributed by atoms with van der Waals surface area (Å²) in [7, 11) is 0. The third kappa shape index (κ3) is 4.05. The van der Waals surface area contributed by atoms with Gasteiger partial charge in [-0.2, -0.15) is 0 Å². The lowest BCUT2D eigenvalue weighted by Gasteiger charge is -2.09. The molecule has 1 unspecified atom stereocenters. The van der Waals surface area contributed by atoms with Crippen LogP contribution in [0.15, 0.2) is 0 Å². The van der Waals surface area contributed by atoms with E-state index in [1.807, 2.05) is 0 Å². The Hall–Kier alpha value is -0.940. The summed E-state index contributed by atoms with van der Waals surface area (Å²) in [4.78, 5) is 20.8. The van der Waals surface area contributed by atoms with Gasteiger partial charge in [-0.3, -0.25) is 9.59 Å². The highest BCUT2D eigenvalue weighted by Gasteiger charge is 2.15. The van der Waals surface area contributed by atoms with E-state index in [2.05, 4.69) is 0 Å². The summed E-state index contributed by atoms with van der Waals surface area (Å²) in [6.07, 6.45) is 0.554. The molecule has 70 valence electrons. The average molecular weight is 174 g/mol. The molecule has 0 heterocycles. The van der Waals surface area contributed by atoms with Crippen LogP contribution < -0.4 is 11.5 Å². The van der Waals surface area contributed by atoms with Crippen LogP contribution in [0.5, 0.6) is 0 Å². The lowest BCUT2D eigenvalue weighted by Crippen LogP contribution is -2.35. The topological polar surface area (TPSA) is 106 Å². The number of carbonyl (C=O) groups excluding carboxylic acids is 1. The first-order valence-corrected chi connectivity index (χ1v) is 3.69. The third-order valence-corrected chi connectivity index (χ3v) is 1.63. The highest BCUT2D eigenvalue weighted by molar-refractivity contribution is 5.81. The van der Waals surface area contributed by atoms with Crippen molar-refractivity contribution in [2.24, 2.45) is 11.5 Å². The lowest BCUT2D eigenvalue weighted by atomic mass is 10.1. The zero-order valence-electron chi connectivity index (χ0n) is 6.99. The number of Topliss-reactive ketones (excluding diaryl/α,β-unsaturated/α-hetero) is 1. The predicted octanol–water partition coefficient (Wildman–Crippen LogP) is -0.905. The fourth-order valence-electron chi connectivity index (χ4n) is 0.686. The van der Waals surface area contributed by atoms with Gasteiger partial charge in [-0.15, -0.1) is 0 Å². The van der Waals surface area contributed by atoms with Crippen LogP contribution in [-0.2, 0) is 9.59 Å². The largest absolute Gasteiger partial charge is 0.480 e. The maximum absolute atomic E-state index is 10.6.